The molecule has 0 aliphatic heterocycles. The number of hydrogen-bond acceptors (Lipinski definition) is 2. The molecular formula is C11H13NO2. The molecule has 0 atom stereocenters. The first-order chi connectivity index (χ1) is 6.50. The summed E-state index contributed by atoms with van der Waals surface area (Å²) >= 11 is 0. The third kappa shape index (κ3) is 2.42. The Hall–Kier alpha value is -1.64. The van der Waals surface area contributed by atoms with E-state index in [9.17, 15) is 10.1 Å². The molecule has 0 aliphatic carbocycles. The molecule has 74 valence electrons. The smallest absolute Gasteiger partial charge is 0.243 e. The van der Waals surface area contributed by atoms with Crippen LogP contribution in [0, 0.1) is 24.0 Å². The molecule has 0 aromatic heterocycles. The predicted octanol–water partition coefficient (Wildman–Crippen LogP) is 2.94. The summed E-state index contributed by atoms with van der Waals surface area (Å²) in [6.07, 6.45) is 1.60. The highest BCUT2D eigenvalue weighted by Gasteiger charge is 2.03. The van der Waals surface area contributed by atoms with Crippen LogP contribution in [0.4, 0.5) is 0 Å². The molecule has 0 spiro atoms. The minimum absolute atomic E-state index is 0.165. The van der Waals surface area contributed by atoms with Gasteiger partial charge in [0, 0.05) is 13.0 Å². The lowest BCUT2D eigenvalue weighted by atomic mass is 10.1. The van der Waals surface area contributed by atoms with Gasteiger partial charge >= 0.3 is 0 Å². The second kappa shape index (κ2) is 4.05. The minimum atomic E-state index is -0.373. The zero-order chi connectivity index (χ0) is 10.7. The molecule has 0 heterocycles. The molecule has 0 saturated carbocycles. The third-order valence-corrected chi connectivity index (χ3v) is 2.09. The number of aryl methyl sites for hydroxylation is 2. The van der Waals surface area contributed by atoms with Crippen LogP contribution in [0.25, 0.3) is 6.08 Å². The molecule has 3 nitrogen and oxygen atoms in total. The van der Waals surface area contributed by atoms with Crippen molar-refractivity contribution in [1.29, 1.82) is 0 Å². The summed E-state index contributed by atoms with van der Waals surface area (Å²) in [5.41, 5.74) is 3.24. The monoisotopic (exact) mass is 191 g/mol. The van der Waals surface area contributed by atoms with E-state index in [1.54, 1.807) is 6.08 Å². The predicted molar refractivity (Wildman–Crippen MR) is 56.6 cm³/mol. The van der Waals surface area contributed by atoms with Gasteiger partial charge in [0.25, 0.3) is 0 Å². The first-order valence-corrected chi connectivity index (χ1v) is 4.40. The summed E-state index contributed by atoms with van der Waals surface area (Å²) < 4.78 is 0. The SMILES string of the molecule is CC(=Cc1cc(C)ccc1C)[N+](=O)[O-]. The number of benzene rings is 1. The number of nitro groups is 1. The summed E-state index contributed by atoms with van der Waals surface area (Å²) in [7, 11) is 0. The largest absolute Gasteiger partial charge is 0.259 e. The van der Waals surface area contributed by atoms with Crippen LogP contribution in [0.5, 0.6) is 0 Å². The van der Waals surface area contributed by atoms with Crippen molar-refractivity contribution in [3.8, 4) is 0 Å². The van der Waals surface area contributed by atoms with Crippen molar-refractivity contribution in [2.45, 2.75) is 20.8 Å². The van der Waals surface area contributed by atoms with E-state index in [2.05, 4.69) is 0 Å². The van der Waals surface area contributed by atoms with E-state index in [-0.39, 0.29) is 10.6 Å². The van der Waals surface area contributed by atoms with Gasteiger partial charge in [-0.3, -0.25) is 10.1 Å². The molecule has 3 heteroatoms. The highest BCUT2D eigenvalue weighted by Crippen LogP contribution is 2.14. The van der Waals surface area contributed by atoms with Crippen molar-refractivity contribution < 1.29 is 4.92 Å². The van der Waals surface area contributed by atoms with Crippen molar-refractivity contribution in [2.24, 2.45) is 0 Å². The van der Waals surface area contributed by atoms with Crippen LogP contribution in [0.3, 0.4) is 0 Å². The van der Waals surface area contributed by atoms with E-state index in [0.717, 1.165) is 16.7 Å². The topological polar surface area (TPSA) is 43.1 Å². The number of nitrogens with zero attached hydrogens (tertiary/aromatic N) is 1. The Morgan fingerprint density at radius 3 is 2.64 bits per heavy atom. The molecule has 14 heavy (non-hydrogen) atoms. The lowest BCUT2D eigenvalue weighted by Gasteiger charge is -2.01. The number of rotatable bonds is 2. The van der Waals surface area contributed by atoms with Crippen molar-refractivity contribution in [3.05, 3.63) is 50.7 Å². The van der Waals surface area contributed by atoms with Gasteiger partial charge in [0.05, 0.1) is 4.92 Å². The van der Waals surface area contributed by atoms with Gasteiger partial charge in [0.15, 0.2) is 0 Å². The highest BCUT2D eigenvalue weighted by molar-refractivity contribution is 5.55. The van der Waals surface area contributed by atoms with E-state index in [1.165, 1.54) is 6.92 Å². The summed E-state index contributed by atoms with van der Waals surface area (Å²) in [5.74, 6) is 0. The highest BCUT2D eigenvalue weighted by atomic mass is 16.6. The quantitative estimate of drug-likeness (QED) is 0.532. The fourth-order valence-electron chi connectivity index (χ4n) is 1.19. The first kappa shape index (κ1) is 10.4. The van der Waals surface area contributed by atoms with Gasteiger partial charge in [0.2, 0.25) is 5.70 Å². The molecule has 0 bridgehead atoms. The van der Waals surface area contributed by atoms with Gasteiger partial charge in [-0.1, -0.05) is 23.8 Å². The normalized spacial score (nSPS) is 11.5. The second-order valence-corrected chi connectivity index (χ2v) is 3.40. The van der Waals surface area contributed by atoms with E-state index >= 15 is 0 Å². The second-order valence-electron chi connectivity index (χ2n) is 3.40. The van der Waals surface area contributed by atoms with Crippen molar-refractivity contribution in [3.63, 3.8) is 0 Å². The fourth-order valence-corrected chi connectivity index (χ4v) is 1.19. The molecule has 0 fully saturated rings. The Morgan fingerprint density at radius 1 is 1.43 bits per heavy atom. The van der Waals surface area contributed by atoms with Crippen LogP contribution in [-0.4, -0.2) is 4.92 Å². The molecule has 0 saturated heterocycles. The zero-order valence-corrected chi connectivity index (χ0v) is 8.57. The van der Waals surface area contributed by atoms with Gasteiger partial charge < -0.3 is 0 Å². The van der Waals surface area contributed by atoms with Crippen LogP contribution >= 0.6 is 0 Å². The van der Waals surface area contributed by atoms with Crippen LogP contribution in [0.15, 0.2) is 23.9 Å². The van der Waals surface area contributed by atoms with Gasteiger partial charge in [-0.25, -0.2) is 0 Å². The van der Waals surface area contributed by atoms with E-state index < -0.39 is 0 Å². The minimum Gasteiger partial charge on any atom is -0.259 e. The van der Waals surface area contributed by atoms with Crippen LogP contribution < -0.4 is 0 Å². The molecule has 0 aliphatic rings. The summed E-state index contributed by atoms with van der Waals surface area (Å²) in [4.78, 5) is 10.1. The van der Waals surface area contributed by atoms with Crippen LogP contribution in [0.1, 0.15) is 23.6 Å². The van der Waals surface area contributed by atoms with Crippen molar-refractivity contribution >= 4 is 6.08 Å². The van der Waals surface area contributed by atoms with E-state index in [1.807, 2.05) is 32.0 Å². The molecule has 0 radical (unpaired) electrons. The van der Waals surface area contributed by atoms with Gasteiger partial charge in [-0.2, -0.15) is 0 Å². The van der Waals surface area contributed by atoms with Crippen LogP contribution in [-0.2, 0) is 0 Å². The Morgan fingerprint density at radius 2 is 2.07 bits per heavy atom. The van der Waals surface area contributed by atoms with Gasteiger partial charge in [-0.05, 0) is 25.0 Å². The molecular weight excluding hydrogens is 178 g/mol. The maximum atomic E-state index is 10.4. The van der Waals surface area contributed by atoms with E-state index in [0.29, 0.717) is 0 Å². The standard InChI is InChI=1S/C11H13NO2/c1-8-4-5-9(2)11(6-8)7-10(3)12(13)14/h4-7H,1-3H3. The van der Waals surface area contributed by atoms with Crippen LogP contribution in [0.2, 0.25) is 0 Å². The summed E-state index contributed by atoms with van der Waals surface area (Å²) in [6.45, 7) is 5.42. The third-order valence-electron chi connectivity index (χ3n) is 2.09. The average Bonchev–Trinajstić information content (AvgIpc) is 2.11. The Kier molecular flexibility index (Phi) is 3.02. The molecule has 0 unspecified atom stereocenters. The molecule has 1 aromatic rings. The lowest BCUT2D eigenvalue weighted by Crippen LogP contribution is -1.94. The maximum absolute atomic E-state index is 10.4. The molecule has 0 amide bonds. The number of hydrogen-bond donors (Lipinski definition) is 0. The van der Waals surface area contributed by atoms with Gasteiger partial charge in [-0.15, -0.1) is 0 Å². The Balaban J connectivity index is 3.13. The Bertz CT molecular complexity index is 394. The Labute approximate surface area is 83.2 Å². The lowest BCUT2D eigenvalue weighted by molar-refractivity contribution is -0.422. The fraction of sp³-hybridized carbons (Fsp3) is 0.273. The van der Waals surface area contributed by atoms with Gasteiger partial charge in [0.1, 0.15) is 0 Å². The number of allylic oxidation sites excluding steroid dienone is 1. The molecule has 1 aromatic carbocycles. The maximum Gasteiger partial charge on any atom is 0.243 e. The van der Waals surface area contributed by atoms with Crippen molar-refractivity contribution in [2.75, 3.05) is 0 Å². The van der Waals surface area contributed by atoms with Crippen molar-refractivity contribution in [1.82, 2.24) is 0 Å². The zero-order valence-electron chi connectivity index (χ0n) is 8.57. The average molecular weight is 191 g/mol. The molecule has 1 rings (SSSR count). The summed E-state index contributed by atoms with van der Waals surface area (Å²) in [5, 5.41) is 10.4. The summed E-state index contributed by atoms with van der Waals surface area (Å²) in [6, 6.07) is 5.91. The first-order valence-electron chi connectivity index (χ1n) is 4.40. The molecule has 0 N–H and O–H groups in total. The van der Waals surface area contributed by atoms with E-state index in [4.69, 9.17) is 0 Å².